The molecule has 0 unspecified atom stereocenters. The normalized spacial score (nSPS) is 10.8. The molecule has 0 saturated heterocycles. The van der Waals surface area contributed by atoms with Crippen molar-refractivity contribution in [1.29, 1.82) is 0 Å². The standard InChI is InChI=1S/C22H21ClN6O.C14H10ClN3O2.C8H13N3/c1-12-5-20(24)28-13(2)17(12)10-27-22(30)19-11-26-21(29-19)7-14-3-4-18-15(6-14)8-16(23)9-25-18;15-10-5-9-3-8(1-2-11(9)16-6-10)4-13-17-7-12(18-13)14(19)20;1-5-3-8(10)11-6(2)7(5)4-9/h3-6,8-9,11H,7,10H2,1-2H3,(H2,24,28)(H,26,29)(H,27,30);1-3,5-7H,4H2,(H,17,18)(H,19,20);3H,4,9H2,1-2H3,(H2,10,11). The molecule has 0 aliphatic heterocycles. The van der Waals surface area contributed by atoms with Gasteiger partial charge in [-0.05, 0) is 110 Å². The molecule has 0 radical (unpaired) electrons. The number of nitrogens with one attached hydrogen (secondary N) is 3. The third-order valence-corrected chi connectivity index (χ3v) is 10.1. The number of hydrogen-bond donors (Lipinski definition) is 7. The van der Waals surface area contributed by atoms with E-state index in [4.69, 9.17) is 45.5 Å². The summed E-state index contributed by atoms with van der Waals surface area (Å²) in [5.41, 5.74) is 27.0. The second-order valence-corrected chi connectivity index (χ2v) is 15.1. The number of hydrogen-bond acceptors (Lipinski definition) is 11. The van der Waals surface area contributed by atoms with Crippen LogP contribution in [0.1, 0.15) is 77.4 Å². The number of aromatic amines is 2. The second kappa shape index (κ2) is 19.4. The Morgan fingerprint density at radius 2 is 1.13 bits per heavy atom. The minimum atomic E-state index is -1.02. The fourth-order valence-electron chi connectivity index (χ4n) is 6.66. The molecular weight excluding hydrogens is 815 g/mol. The van der Waals surface area contributed by atoms with Gasteiger partial charge in [0.2, 0.25) is 0 Å². The van der Waals surface area contributed by atoms with Crippen molar-refractivity contribution in [3.8, 4) is 0 Å². The van der Waals surface area contributed by atoms with Gasteiger partial charge in [0.05, 0.1) is 33.5 Å². The molecule has 0 fully saturated rings. The zero-order chi connectivity index (χ0) is 43.8. The van der Waals surface area contributed by atoms with E-state index >= 15 is 0 Å². The molecule has 0 atom stereocenters. The fourth-order valence-corrected chi connectivity index (χ4v) is 6.99. The summed E-state index contributed by atoms with van der Waals surface area (Å²) in [6, 6.07) is 19.1. The highest BCUT2D eigenvalue weighted by molar-refractivity contribution is 6.31. The molecule has 17 heteroatoms. The topological polar surface area (TPSA) is 253 Å². The highest BCUT2D eigenvalue weighted by Gasteiger charge is 2.13. The number of halogens is 2. The number of aryl methyl sites for hydroxylation is 4. The Bertz CT molecular complexity index is 2830. The summed E-state index contributed by atoms with van der Waals surface area (Å²) in [5.74, 6) is 1.12. The Labute approximate surface area is 361 Å². The highest BCUT2D eigenvalue weighted by Crippen LogP contribution is 2.21. The first kappa shape index (κ1) is 43.6. The summed E-state index contributed by atoms with van der Waals surface area (Å²) in [7, 11) is 0. The molecule has 0 saturated carbocycles. The Morgan fingerprint density at radius 3 is 1.59 bits per heavy atom. The first-order valence-corrected chi connectivity index (χ1v) is 19.7. The fraction of sp³-hybridized carbons (Fsp3) is 0.182. The number of pyridine rings is 4. The van der Waals surface area contributed by atoms with E-state index in [9.17, 15) is 9.59 Å². The minimum absolute atomic E-state index is 0.0884. The lowest BCUT2D eigenvalue weighted by Gasteiger charge is -2.11. The van der Waals surface area contributed by atoms with Crippen LogP contribution in [-0.2, 0) is 25.9 Å². The first-order chi connectivity index (χ1) is 29.1. The van der Waals surface area contributed by atoms with E-state index in [1.807, 2.05) is 82.3 Å². The third kappa shape index (κ3) is 11.4. The minimum Gasteiger partial charge on any atom is -0.477 e. The smallest absolute Gasteiger partial charge is 0.353 e. The van der Waals surface area contributed by atoms with Gasteiger partial charge in [-0.2, -0.15) is 0 Å². The van der Waals surface area contributed by atoms with Gasteiger partial charge >= 0.3 is 5.97 Å². The van der Waals surface area contributed by atoms with Crippen LogP contribution in [0.5, 0.6) is 0 Å². The molecule has 0 aliphatic rings. The zero-order valence-electron chi connectivity index (χ0n) is 33.8. The molecule has 312 valence electrons. The van der Waals surface area contributed by atoms with Gasteiger partial charge in [-0.3, -0.25) is 14.8 Å². The summed E-state index contributed by atoms with van der Waals surface area (Å²) in [6.07, 6.45) is 7.19. The van der Waals surface area contributed by atoms with Crippen LogP contribution in [-0.4, -0.2) is 56.9 Å². The molecule has 6 heterocycles. The van der Waals surface area contributed by atoms with E-state index in [0.29, 0.717) is 65.0 Å². The maximum atomic E-state index is 12.5. The highest BCUT2D eigenvalue weighted by atomic mass is 35.5. The number of rotatable bonds is 9. The lowest BCUT2D eigenvalue weighted by Crippen LogP contribution is -2.24. The van der Waals surface area contributed by atoms with Crippen molar-refractivity contribution >= 4 is 68.5 Å². The first-order valence-electron chi connectivity index (χ1n) is 19.0. The number of carbonyl (C=O) groups is 2. The van der Waals surface area contributed by atoms with Gasteiger partial charge in [0.15, 0.2) is 0 Å². The van der Waals surface area contributed by atoms with Crippen molar-refractivity contribution in [2.24, 2.45) is 5.73 Å². The van der Waals surface area contributed by atoms with Crippen molar-refractivity contribution in [1.82, 2.24) is 45.2 Å². The number of nitrogens with two attached hydrogens (primary N) is 3. The van der Waals surface area contributed by atoms with Crippen LogP contribution in [0.4, 0.5) is 11.6 Å². The number of benzene rings is 2. The summed E-state index contributed by atoms with van der Waals surface area (Å²) in [6.45, 7) is 8.65. The van der Waals surface area contributed by atoms with Gasteiger partial charge < -0.3 is 37.6 Å². The molecule has 0 spiro atoms. The van der Waals surface area contributed by atoms with Gasteiger partial charge in [0, 0.05) is 60.5 Å². The summed E-state index contributed by atoms with van der Waals surface area (Å²) in [4.78, 5) is 54.5. The Morgan fingerprint density at radius 1 is 0.656 bits per heavy atom. The molecule has 0 aliphatic carbocycles. The summed E-state index contributed by atoms with van der Waals surface area (Å²) < 4.78 is 0. The Hall–Kier alpha value is -6.94. The molecular formula is C44H44Cl2N12O3. The summed E-state index contributed by atoms with van der Waals surface area (Å²) >= 11 is 12.0. The number of imidazole rings is 2. The van der Waals surface area contributed by atoms with Gasteiger partial charge in [0.1, 0.15) is 34.7 Å². The number of fused-ring (bicyclic) bond motifs is 2. The van der Waals surface area contributed by atoms with Crippen molar-refractivity contribution in [3.05, 3.63) is 163 Å². The van der Waals surface area contributed by atoms with Crippen LogP contribution < -0.4 is 22.5 Å². The van der Waals surface area contributed by atoms with Gasteiger partial charge in [-0.25, -0.2) is 24.7 Å². The number of H-pyrrole nitrogens is 2. The van der Waals surface area contributed by atoms with E-state index in [1.165, 1.54) is 6.20 Å². The van der Waals surface area contributed by atoms with Crippen molar-refractivity contribution in [2.75, 3.05) is 11.5 Å². The largest absolute Gasteiger partial charge is 0.477 e. The van der Waals surface area contributed by atoms with Crippen LogP contribution in [0.25, 0.3) is 21.8 Å². The number of nitrogens with zero attached hydrogens (tertiary/aromatic N) is 6. The van der Waals surface area contributed by atoms with Crippen LogP contribution >= 0.6 is 23.2 Å². The maximum absolute atomic E-state index is 12.5. The molecule has 2 aromatic carbocycles. The van der Waals surface area contributed by atoms with Crippen LogP contribution in [0.2, 0.25) is 10.0 Å². The number of nitrogen functional groups attached to an aromatic ring is 2. The van der Waals surface area contributed by atoms with Crippen molar-refractivity contribution in [2.45, 2.75) is 53.6 Å². The number of amides is 1. The van der Waals surface area contributed by atoms with E-state index in [-0.39, 0.29) is 11.6 Å². The maximum Gasteiger partial charge on any atom is 0.353 e. The Balaban J connectivity index is 0.000000172. The molecule has 1 amide bonds. The average molecular weight is 860 g/mol. The lowest BCUT2D eigenvalue weighted by atomic mass is 10.1. The number of carboxylic acids is 1. The van der Waals surface area contributed by atoms with Crippen LogP contribution in [0.3, 0.4) is 0 Å². The number of aromatic nitrogens is 8. The number of anilines is 2. The predicted molar refractivity (Wildman–Crippen MR) is 239 cm³/mol. The number of carbonyl (C=O) groups excluding carboxylic acids is 1. The quantitative estimate of drug-likeness (QED) is 0.0751. The third-order valence-electron chi connectivity index (χ3n) is 9.68. The van der Waals surface area contributed by atoms with Gasteiger partial charge in [-0.15, -0.1) is 0 Å². The monoisotopic (exact) mass is 858 g/mol. The SMILES string of the molecule is Cc1cc(N)nc(C)c1CN.Cc1cc(N)nc(C)c1CNC(=O)c1cnc(Cc2ccc3ncc(Cl)cc3c2)[nH]1.O=C(O)c1cnc(Cc2ccc3ncc(Cl)cc3c2)[nH]1. The Kier molecular flexibility index (Phi) is 13.9. The van der Waals surface area contributed by atoms with Crippen LogP contribution in [0, 0.1) is 27.7 Å². The molecule has 15 nitrogen and oxygen atoms in total. The van der Waals surface area contributed by atoms with Gasteiger partial charge in [0.25, 0.3) is 5.91 Å². The second-order valence-electron chi connectivity index (χ2n) is 14.2. The predicted octanol–water partition coefficient (Wildman–Crippen LogP) is 7.37. The number of carboxylic acid groups (broad SMARTS) is 1. The summed E-state index contributed by atoms with van der Waals surface area (Å²) in [5, 5.41) is 14.8. The average Bonchev–Trinajstić information content (AvgIpc) is 3.88. The number of aromatic carboxylic acids is 1. The molecule has 10 N–H and O–H groups in total. The van der Waals surface area contributed by atoms with Crippen LogP contribution in [0.15, 0.2) is 85.5 Å². The lowest BCUT2D eigenvalue weighted by molar-refractivity contribution is 0.0690. The van der Waals surface area contributed by atoms with E-state index in [1.54, 1.807) is 24.7 Å². The van der Waals surface area contributed by atoms with E-state index in [2.05, 4.69) is 45.2 Å². The van der Waals surface area contributed by atoms with Gasteiger partial charge in [-0.1, -0.05) is 35.3 Å². The molecule has 8 aromatic rings. The van der Waals surface area contributed by atoms with Crippen molar-refractivity contribution < 1.29 is 14.7 Å². The molecule has 8 rings (SSSR count). The van der Waals surface area contributed by atoms with E-state index in [0.717, 1.165) is 66.6 Å². The van der Waals surface area contributed by atoms with E-state index < -0.39 is 5.97 Å². The molecule has 6 aromatic heterocycles. The van der Waals surface area contributed by atoms with Crippen molar-refractivity contribution in [3.63, 3.8) is 0 Å². The molecule has 61 heavy (non-hydrogen) atoms. The zero-order valence-corrected chi connectivity index (χ0v) is 35.4. The molecule has 0 bridgehead atoms.